The summed E-state index contributed by atoms with van der Waals surface area (Å²) in [6.07, 6.45) is 3.67. The van der Waals surface area contributed by atoms with Crippen molar-refractivity contribution in [1.29, 1.82) is 0 Å². The van der Waals surface area contributed by atoms with Crippen molar-refractivity contribution in [3.05, 3.63) is 12.7 Å². The molecule has 1 fully saturated rings. The number of ether oxygens (including phenoxy) is 2. The van der Waals surface area contributed by atoms with Gasteiger partial charge in [-0.25, -0.2) is 4.79 Å². The molecule has 4 heteroatoms. The summed E-state index contributed by atoms with van der Waals surface area (Å²) in [6.45, 7) is 5.94. The molecule has 4 nitrogen and oxygen atoms in total. The zero-order valence-corrected chi connectivity index (χ0v) is 8.36. The van der Waals surface area contributed by atoms with Crippen molar-refractivity contribution in [2.75, 3.05) is 13.2 Å². The number of carbonyl (C=O) groups is 1. The fraction of sp³-hybridized carbons (Fsp3) is 0.700. The first-order chi connectivity index (χ1) is 6.58. The van der Waals surface area contributed by atoms with Crippen molar-refractivity contribution in [2.24, 2.45) is 5.92 Å². The topological polar surface area (TPSA) is 55.8 Å². The zero-order chi connectivity index (χ0) is 10.6. The van der Waals surface area contributed by atoms with E-state index in [9.17, 15) is 4.79 Å². The molecule has 0 atom stereocenters. The van der Waals surface area contributed by atoms with Crippen molar-refractivity contribution in [2.45, 2.75) is 25.6 Å². The first-order valence-electron chi connectivity index (χ1n) is 4.70. The number of aliphatic carboxylic acids is 1. The van der Waals surface area contributed by atoms with Crippen LogP contribution < -0.4 is 0 Å². The lowest BCUT2D eigenvalue weighted by Gasteiger charge is -2.34. The molecule has 1 saturated heterocycles. The smallest absolute Gasteiger partial charge is 0.364 e. The lowest BCUT2D eigenvalue weighted by Crippen LogP contribution is -2.47. The van der Waals surface area contributed by atoms with Gasteiger partial charge in [-0.1, -0.05) is 6.08 Å². The summed E-state index contributed by atoms with van der Waals surface area (Å²) in [7, 11) is 0. The zero-order valence-electron chi connectivity index (χ0n) is 8.36. The Kier molecular flexibility index (Phi) is 3.66. The van der Waals surface area contributed by atoms with Gasteiger partial charge in [0.15, 0.2) is 0 Å². The second-order valence-electron chi connectivity index (χ2n) is 3.60. The SMILES string of the molecule is C=CCCC1COC(C)(C(=O)O)OC1. The summed E-state index contributed by atoms with van der Waals surface area (Å²) >= 11 is 0. The van der Waals surface area contributed by atoms with Gasteiger partial charge in [0.1, 0.15) is 0 Å². The number of hydrogen-bond donors (Lipinski definition) is 1. The maximum Gasteiger partial charge on any atom is 0.364 e. The molecule has 0 aromatic carbocycles. The van der Waals surface area contributed by atoms with Crippen LogP contribution in [0.4, 0.5) is 0 Å². The van der Waals surface area contributed by atoms with Gasteiger partial charge in [0.25, 0.3) is 5.79 Å². The third-order valence-corrected chi connectivity index (χ3v) is 2.36. The van der Waals surface area contributed by atoms with E-state index in [1.54, 1.807) is 0 Å². The van der Waals surface area contributed by atoms with Gasteiger partial charge in [-0.3, -0.25) is 0 Å². The number of rotatable bonds is 4. The predicted octanol–water partition coefficient (Wildman–Crippen LogP) is 1.42. The average Bonchev–Trinajstić information content (AvgIpc) is 2.17. The van der Waals surface area contributed by atoms with E-state index in [0.29, 0.717) is 13.2 Å². The maximum atomic E-state index is 10.7. The Balaban J connectivity index is 2.37. The van der Waals surface area contributed by atoms with E-state index in [1.807, 2.05) is 6.08 Å². The Labute approximate surface area is 83.5 Å². The molecule has 80 valence electrons. The number of hydrogen-bond acceptors (Lipinski definition) is 3. The largest absolute Gasteiger partial charge is 0.477 e. The Morgan fingerprint density at radius 1 is 1.64 bits per heavy atom. The summed E-state index contributed by atoms with van der Waals surface area (Å²) in [6, 6.07) is 0. The van der Waals surface area contributed by atoms with Crippen LogP contribution in [-0.4, -0.2) is 30.1 Å². The molecular weight excluding hydrogens is 184 g/mol. The highest BCUT2D eigenvalue weighted by Crippen LogP contribution is 2.23. The van der Waals surface area contributed by atoms with E-state index in [2.05, 4.69) is 6.58 Å². The van der Waals surface area contributed by atoms with Crippen LogP contribution in [0.3, 0.4) is 0 Å². The quantitative estimate of drug-likeness (QED) is 0.697. The Hall–Kier alpha value is -0.870. The lowest BCUT2D eigenvalue weighted by atomic mass is 10.0. The molecule has 1 N–H and O–H groups in total. The summed E-state index contributed by atoms with van der Waals surface area (Å²) in [5.74, 6) is -2.25. The van der Waals surface area contributed by atoms with Crippen molar-refractivity contribution >= 4 is 5.97 Å². The molecule has 0 amide bonds. The van der Waals surface area contributed by atoms with Crippen LogP contribution in [0.1, 0.15) is 19.8 Å². The molecular formula is C10H16O4. The summed E-state index contributed by atoms with van der Waals surface area (Å²) in [5, 5.41) is 8.79. The van der Waals surface area contributed by atoms with Gasteiger partial charge in [0.05, 0.1) is 13.2 Å². The summed E-state index contributed by atoms with van der Waals surface area (Å²) < 4.78 is 10.4. The number of allylic oxidation sites excluding steroid dienone is 1. The molecule has 0 aliphatic carbocycles. The Morgan fingerprint density at radius 3 is 2.64 bits per heavy atom. The molecule has 0 bridgehead atoms. The summed E-state index contributed by atoms with van der Waals surface area (Å²) in [4.78, 5) is 10.7. The van der Waals surface area contributed by atoms with Gasteiger partial charge in [-0.15, -0.1) is 6.58 Å². The Bertz CT molecular complexity index is 216. The van der Waals surface area contributed by atoms with Crippen molar-refractivity contribution < 1.29 is 19.4 Å². The molecule has 0 radical (unpaired) electrons. The van der Waals surface area contributed by atoms with Gasteiger partial charge in [-0.05, 0) is 12.8 Å². The van der Waals surface area contributed by atoms with Gasteiger partial charge in [0.2, 0.25) is 0 Å². The van der Waals surface area contributed by atoms with E-state index in [-0.39, 0.29) is 5.92 Å². The molecule has 1 aliphatic heterocycles. The fourth-order valence-corrected chi connectivity index (χ4v) is 1.29. The second kappa shape index (κ2) is 4.57. The Morgan fingerprint density at radius 2 is 2.21 bits per heavy atom. The fourth-order valence-electron chi connectivity index (χ4n) is 1.29. The molecule has 0 aromatic rings. The van der Waals surface area contributed by atoms with Crippen LogP contribution in [0.5, 0.6) is 0 Å². The van der Waals surface area contributed by atoms with Gasteiger partial charge in [0, 0.05) is 12.8 Å². The van der Waals surface area contributed by atoms with E-state index >= 15 is 0 Å². The number of carboxylic acid groups (broad SMARTS) is 1. The predicted molar refractivity (Wildman–Crippen MR) is 50.9 cm³/mol. The molecule has 0 aromatic heterocycles. The molecule has 0 unspecified atom stereocenters. The summed E-state index contributed by atoms with van der Waals surface area (Å²) in [5.41, 5.74) is 0. The lowest BCUT2D eigenvalue weighted by molar-refractivity contribution is -0.270. The van der Waals surface area contributed by atoms with E-state index < -0.39 is 11.8 Å². The minimum Gasteiger partial charge on any atom is -0.477 e. The monoisotopic (exact) mass is 200 g/mol. The average molecular weight is 200 g/mol. The van der Waals surface area contributed by atoms with Crippen molar-refractivity contribution in [3.8, 4) is 0 Å². The molecule has 1 aliphatic rings. The third-order valence-electron chi connectivity index (χ3n) is 2.36. The minimum absolute atomic E-state index is 0.278. The highest BCUT2D eigenvalue weighted by Gasteiger charge is 2.40. The van der Waals surface area contributed by atoms with Gasteiger partial charge >= 0.3 is 5.97 Å². The highest BCUT2D eigenvalue weighted by atomic mass is 16.7. The van der Waals surface area contributed by atoms with Crippen molar-refractivity contribution in [3.63, 3.8) is 0 Å². The van der Waals surface area contributed by atoms with E-state index in [1.165, 1.54) is 6.92 Å². The first kappa shape index (κ1) is 11.2. The van der Waals surface area contributed by atoms with E-state index in [4.69, 9.17) is 14.6 Å². The third kappa shape index (κ3) is 2.56. The van der Waals surface area contributed by atoms with Crippen LogP contribution in [0, 0.1) is 5.92 Å². The molecule has 14 heavy (non-hydrogen) atoms. The molecule has 1 rings (SSSR count). The van der Waals surface area contributed by atoms with Crippen LogP contribution in [-0.2, 0) is 14.3 Å². The normalized spacial score (nSPS) is 32.5. The number of carboxylic acids is 1. The van der Waals surface area contributed by atoms with Gasteiger partial charge < -0.3 is 14.6 Å². The molecule has 1 heterocycles. The minimum atomic E-state index is -1.45. The van der Waals surface area contributed by atoms with Crippen LogP contribution >= 0.6 is 0 Å². The van der Waals surface area contributed by atoms with Crippen LogP contribution in [0.25, 0.3) is 0 Å². The second-order valence-corrected chi connectivity index (χ2v) is 3.60. The molecule has 0 spiro atoms. The highest BCUT2D eigenvalue weighted by molar-refractivity contribution is 5.75. The standard InChI is InChI=1S/C10H16O4/c1-3-4-5-8-6-13-10(2,9(11)12)14-7-8/h3,8H,1,4-7H2,2H3,(H,11,12). The van der Waals surface area contributed by atoms with Crippen LogP contribution in [0.2, 0.25) is 0 Å². The molecule has 0 saturated carbocycles. The van der Waals surface area contributed by atoms with Crippen LogP contribution in [0.15, 0.2) is 12.7 Å². The van der Waals surface area contributed by atoms with Crippen molar-refractivity contribution in [1.82, 2.24) is 0 Å². The first-order valence-corrected chi connectivity index (χ1v) is 4.70. The van der Waals surface area contributed by atoms with E-state index in [0.717, 1.165) is 12.8 Å². The maximum absolute atomic E-state index is 10.7. The van der Waals surface area contributed by atoms with Gasteiger partial charge in [-0.2, -0.15) is 0 Å².